The van der Waals surface area contributed by atoms with E-state index in [9.17, 15) is 0 Å². The first-order valence-electron chi connectivity index (χ1n) is 6.33. The topological polar surface area (TPSA) is 30.7 Å². The summed E-state index contributed by atoms with van der Waals surface area (Å²) in [6.45, 7) is 0. The maximum Gasteiger partial charge on any atom is 0.147 e. The number of rotatable bonds is 2. The van der Waals surface area contributed by atoms with E-state index in [1.165, 1.54) is 24.0 Å². The van der Waals surface area contributed by atoms with Crippen LogP contribution < -0.4 is 0 Å². The minimum atomic E-state index is 0.365. The van der Waals surface area contributed by atoms with E-state index in [0.717, 1.165) is 18.1 Å². The third-order valence-corrected chi connectivity index (χ3v) is 4.04. The Morgan fingerprint density at radius 1 is 1.33 bits per heavy atom. The van der Waals surface area contributed by atoms with Crippen molar-refractivity contribution in [1.82, 2.24) is 14.8 Å². The smallest absolute Gasteiger partial charge is 0.147 e. The summed E-state index contributed by atoms with van der Waals surface area (Å²) in [6, 6.07) is 8.66. The van der Waals surface area contributed by atoms with Crippen molar-refractivity contribution in [2.45, 2.75) is 31.1 Å². The summed E-state index contributed by atoms with van der Waals surface area (Å²) in [5.41, 5.74) is 2.85. The van der Waals surface area contributed by atoms with Gasteiger partial charge in [-0.1, -0.05) is 24.3 Å². The fourth-order valence-corrected chi connectivity index (χ4v) is 3.05. The van der Waals surface area contributed by atoms with Crippen LogP contribution >= 0.6 is 11.6 Å². The van der Waals surface area contributed by atoms with Gasteiger partial charge in [-0.25, -0.2) is 0 Å². The summed E-state index contributed by atoms with van der Waals surface area (Å²) < 4.78 is 2.04. The normalized spacial score (nSPS) is 18.7. The third kappa shape index (κ3) is 1.83. The van der Waals surface area contributed by atoms with Crippen LogP contribution in [0.15, 0.2) is 24.3 Å². The summed E-state index contributed by atoms with van der Waals surface area (Å²) >= 11 is 5.86. The van der Waals surface area contributed by atoms with Crippen molar-refractivity contribution in [3.8, 4) is 0 Å². The molecule has 1 atom stereocenters. The number of hydrogen-bond donors (Lipinski definition) is 0. The van der Waals surface area contributed by atoms with Gasteiger partial charge in [-0.3, -0.25) is 0 Å². The molecule has 0 aliphatic heterocycles. The molecule has 1 unspecified atom stereocenters. The Morgan fingerprint density at radius 3 is 2.94 bits per heavy atom. The molecule has 0 bridgehead atoms. The Kier molecular flexibility index (Phi) is 3.08. The van der Waals surface area contributed by atoms with Crippen LogP contribution in [0.5, 0.6) is 0 Å². The number of aryl methyl sites for hydroxylation is 1. The average Bonchev–Trinajstić information content (AvgIpc) is 2.79. The van der Waals surface area contributed by atoms with E-state index in [1.54, 1.807) is 0 Å². The Hall–Kier alpha value is -1.35. The molecular formula is C14H16ClN3. The molecule has 3 rings (SSSR count). The van der Waals surface area contributed by atoms with Crippen molar-refractivity contribution < 1.29 is 0 Å². The Labute approximate surface area is 112 Å². The van der Waals surface area contributed by atoms with Crippen molar-refractivity contribution in [2.24, 2.45) is 7.05 Å². The Balaban J connectivity index is 2.05. The molecule has 0 amide bonds. The largest absolute Gasteiger partial charge is 0.317 e. The average molecular weight is 262 g/mol. The number of fused-ring (bicyclic) bond motifs is 1. The van der Waals surface area contributed by atoms with Gasteiger partial charge in [-0.15, -0.1) is 21.8 Å². The summed E-state index contributed by atoms with van der Waals surface area (Å²) in [5, 5.41) is 8.50. The molecule has 0 saturated carbocycles. The molecule has 0 N–H and O–H groups in total. The van der Waals surface area contributed by atoms with Gasteiger partial charge in [-0.05, 0) is 30.4 Å². The molecule has 0 spiro atoms. The second-order valence-corrected chi connectivity index (χ2v) is 5.08. The lowest BCUT2D eigenvalue weighted by Gasteiger charge is -2.24. The highest BCUT2D eigenvalue weighted by Gasteiger charge is 2.25. The lowest BCUT2D eigenvalue weighted by atomic mass is 9.82. The number of nitrogens with zero attached hydrogens (tertiary/aromatic N) is 3. The Bertz CT molecular complexity index is 562. The molecular weight excluding hydrogens is 246 g/mol. The van der Waals surface area contributed by atoms with Crippen LogP contribution in [0.25, 0.3) is 0 Å². The van der Waals surface area contributed by atoms with Crippen LogP contribution in [-0.4, -0.2) is 14.8 Å². The van der Waals surface area contributed by atoms with Gasteiger partial charge in [0.25, 0.3) is 0 Å². The molecule has 1 aromatic heterocycles. The molecule has 3 nitrogen and oxygen atoms in total. The van der Waals surface area contributed by atoms with Crippen LogP contribution in [0.2, 0.25) is 0 Å². The standard InChI is InChI=1S/C14H16ClN3/c1-18-13(9-15)16-17-14(18)12-8-4-6-10-5-2-3-7-11(10)12/h2-3,5,7,12H,4,6,8-9H2,1H3. The summed E-state index contributed by atoms with van der Waals surface area (Å²) in [6.07, 6.45) is 3.53. The van der Waals surface area contributed by atoms with Crippen molar-refractivity contribution in [1.29, 1.82) is 0 Å². The van der Waals surface area contributed by atoms with Crippen LogP contribution in [0.4, 0.5) is 0 Å². The Morgan fingerprint density at radius 2 is 2.17 bits per heavy atom. The van der Waals surface area contributed by atoms with E-state index >= 15 is 0 Å². The molecule has 18 heavy (non-hydrogen) atoms. The maximum absolute atomic E-state index is 5.86. The number of aromatic nitrogens is 3. The molecule has 94 valence electrons. The number of benzene rings is 1. The zero-order valence-corrected chi connectivity index (χ0v) is 11.2. The molecule has 1 aromatic carbocycles. The summed E-state index contributed by atoms with van der Waals surface area (Å²) in [7, 11) is 2.00. The second-order valence-electron chi connectivity index (χ2n) is 4.81. The molecule has 1 heterocycles. The van der Waals surface area contributed by atoms with Gasteiger partial charge in [0.1, 0.15) is 11.6 Å². The van der Waals surface area contributed by atoms with Crippen LogP contribution in [0, 0.1) is 0 Å². The van der Waals surface area contributed by atoms with E-state index in [-0.39, 0.29) is 0 Å². The molecule has 0 radical (unpaired) electrons. The zero-order chi connectivity index (χ0) is 12.5. The molecule has 1 aliphatic rings. The van der Waals surface area contributed by atoms with Crippen LogP contribution in [-0.2, 0) is 19.3 Å². The van der Waals surface area contributed by atoms with Gasteiger partial charge >= 0.3 is 0 Å². The molecule has 2 aromatic rings. The predicted octanol–water partition coefficient (Wildman–Crippen LogP) is 3.02. The van der Waals surface area contributed by atoms with E-state index in [4.69, 9.17) is 11.6 Å². The predicted molar refractivity (Wildman–Crippen MR) is 71.8 cm³/mol. The van der Waals surface area contributed by atoms with Gasteiger partial charge in [0.2, 0.25) is 0 Å². The quantitative estimate of drug-likeness (QED) is 0.778. The highest BCUT2D eigenvalue weighted by atomic mass is 35.5. The maximum atomic E-state index is 5.86. The van der Waals surface area contributed by atoms with Crippen LogP contribution in [0.3, 0.4) is 0 Å². The minimum absolute atomic E-state index is 0.365. The fourth-order valence-electron chi connectivity index (χ4n) is 2.82. The molecule has 4 heteroatoms. The molecule has 1 aliphatic carbocycles. The number of alkyl halides is 1. The zero-order valence-electron chi connectivity index (χ0n) is 10.4. The first kappa shape index (κ1) is 11.7. The SMILES string of the molecule is Cn1c(CCl)nnc1C1CCCc2ccccc21. The first-order chi connectivity index (χ1) is 8.81. The van der Waals surface area contributed by atoms with Crippen molar-refractivity contribution in [3.63, 3.8) is 0 Å². The lowest BCUT2D eigenvalue weighted by molar-refractivity contribution is 0.570. The molecule has 0 fully saturated rings. The van der Waals surface area contributed by atoms with Gasteiger partial charge in [0.05, 0.1) is 5.88 Å². The van der Waals surface area contributed by atoms with E-state index in [1.807, 2.05) is 11.6 Å². The van der Waals surface area contributed by atoms with Gasteiger partial charge in [0, 0.05) is 13.0 Å². The first-order valence-corrected chi connectivity index (χ1v) is 6.86. The summed E-state index contributed by atoms with van der Waals surface area (Å²) in [5.74, 6) is 2.66. The van der Waals surface area contributed by atoms with Crippen molar-refractivity contribution in [3.05, 3.63) is 47.0 Å². The van der Waals surface area contributed by atoms with E-state index in [0.29, 0.717) is 11.8 Å². The highest BCUT2D eigenvalue weighted by Crippen LogP contribution is 2.35. The highest BCUT2D eigenvalue weighted by molar-refractivity contribution is 6.16. The van der Waals surface area contributed by atoms with E-state index < -0.39 is 0 Å². The van der Waals surface area contributed by atoms with Gasteiger partial charge < -0.3 is 4.57 Å². The fraction of sp³-hybridized carbons (Fsp3) is 0.429. The van der Waals surface area contributed by atoms with Crippen molar-refractivity contribution in [2.75, 3.05) is 0 Å². The van der Waals surface area contributed by atoms with Gasteiger partial charge in [-0.2, -0.15) is 0 Å². The number of hydrogen-bond acceptors (Lipinski definition) is 2. The van der Waals surface area contributed by atoms with E-state index in [2.05, 4.69) is 34.5 Å². The summed E-state index contributed by atoms with van der Waals surface area (Å²) in [4.78, 5) is 0. The monoisotopic (exact) mass is 261 g/mol. The second kappa shape index (κ2) is 4.73. The third-order valence-electron chi connectivity index (χ3n) is 3.80. The van der Waals surface area contributed by atoms with Crippen molar-refractivity contribution >= 4 is 11.6 Å². The minimum Gasteiger partial charge on any atom is -0.317 e. The lowest BCUT2D eigenvalue weighted by Crippen LogP contribution is -2.15. The molecule has 0 saturated heterocycles. The van der Waals surface area contributed by atoms with Crippen LogP contribution in [0.1, 0.15) is 41.5 Å². The number of halogens is 1. The van der Waals surface area contributed by atoms with Gasteiger partial charge in [0.15, 0.2) is 0 Å².